The highest BCUT2D eigenvalue weighted by molar-refractivity contribution is 6.42. The number of benzene rings is 2. The van der Waals surface area contributed by atoms with Crippen LogP contribution >= 0.6 is 23.2 Å². The zero-order valence-corrected chi connectivity index (χ0v) is 14.9. The van der Waals surface area contributed by atoms with Crippen molar-refractivity contribution in [3.05, 3.63) is 62.1 Å². The summed E-state index contributed by atoms with van der Waals surface area (Å²) in [6.45, 7) is 2.38. The third kappa shape index (κ3) is 5.08. The van der Waals surface area contributed by atoms with E-state index in [0.29, 0.717) is 22.3 Å². The molecule has 1 N–H and O–H groups in total. The molecule has 0 saturated carbocycles. The van der Waals surface area contributed by atoms with E-state index in [0.717, 1.165) is 12.8 Å². The highest BCUT2D eigenvalue weighted by Crippen LogP contribution is 2.29. The lowest BCUT2D eigenvalue weighted by Crippen LogP contribution is -2.12. The van der Waals surface area contributed by atoms with E-state index in [1.165, 1.54) is 24.3 Å². The summed E-state index contributed by atoms with van der Waals surface area (Å²) in [5.74, 6) is -0.355. The van der Waals surface area contributed by atoms with Gasteiger partial charge in [-0.25, -0.2) is 0 Å². The molecule has 8 heteroatoms. The lowest BCUT2D eigenvalue weighted by molar-refractivity contribution is -0.385. The van der Waals surface area contributed by atoms with E-state index in [-0.39, 0.29) is 17.0 Å². The summed E-state index contributed by atoms with van der Waals surface area (Å²) in [4.78, 5) is 23.0. The van der Waals surface area contributed by atoms with Crippen LogP contribution in [0.25, 0.3) is 0 Å². The van der Waals surface area contributed by atoms with Crippen LogP contribution in [0.3, 0.4) is 0 Å². The Morgan fingerprint density at radius 3 is 2.60 bits per heavy atom. The maximum atomic E-state index is 12.3. The van der Waals surface area contributed by atoms with Crippen LogP contribution in [0.2, 0.25) is 10.0 Å². The lowest BCUT2D eigenvalue weighted by atomic mass is 10.1. The van der Waals surface area contributed by atoms with Crippen molar-refractivity contribution in [2.24, 2.45) is 0 Å². The number of rotatable bonds is 7. The van der Waals surface area contributed by atoms with Crippen LogP contribution in [0, 0.1) is 10.1 Å². The van der Waals surface area contributed by atoms with Crippen molar-refractivity contribution >= 4 is 40.5 Å². The van der Waals surface area contributed by atoms with Gasteiger partial charge in [0.15, 0.2) is 5.75 Å². The minimum absolute atomic E-state index is 0.139. The second-order valence-corrected chi connectivity index (χ2v) is 6.04. The number of nitro benzene ring substituents is 1. The fourth-order valence-corrected chi connectivity index (χ4v) is 2.33. The molecule has 0 radical (unpaired) electrons. The van der Waals surface area contributed by atoms with Gasteiger partial charge in [-0.2, -0.15) is 0 Å². The minimum Gasteiger partial charge on any atom is -0.487 e. The van der Waals surface area contributed by atoms with Gasteiger partial charge in [0.25, 0.3) is 5.91 Å². The molecule has 25 heavy (non-hydrogen) atoms. The van der Waals surface area contributed by atoms with Crippen molar-refractivity contribution in [3.63, 3.8) is 0 Å². The number of amides is 1. The number of ether oxygens (including phenoxy) is 1. The van der Waals surface area contributed by atoms with Gasteiger partial charge in [-0.1, -0.05) is 36.5 Å². The number of carbonyl (C=O) groups excluding carboxylic acids is 1. The summed E-state index contributed by atoms with van der Waals surface area (Å²) in [7, 11) is 0. The van der Waals surface area contributed by atoms with Crippen LogP contribution in [-0.2, 0) is 0 Å². The summed E-state index contributed by atoms with van der Waals surface area (Å²) in [6.07, 6.45) is 1.70. The normalized spacial score (nSPS) is 10.4. The summed E-state index contributed by atoms with van der Waals surface area (Å²) in [6, 6.07) is 8.72. The molecular formula is C17H16Cl2N2O4. The fraction of sp³-hybridized carbons (Fsp3) is 0.235. The Kier molecular flexibility index (Phi) is 6.61. The number of nitrogens with zero attached hydrogens (tertiary/aromatic N) is 1. The Bertz CT molecular complexity index is 796. The van der Waals surface area contributed by atoms with Crippen LogP contribution in [-0.4, -0.2) is 17.4 Å². The molecule has 132 valence electrons. The van der Waals surface area contributed by atoms with Gasteiger partial charge >= 0.3 is 5.69 Å². The molecule has 2 aromatic rings. The van der Waals surface area contributed by atoms with E-state index in [2.05, 4.69) is 5.32 Å². The van der Waals surface area contributed by atoms with Crippen molar-refractivity contribution in [1.29, 1.82) is 0 Å². The highest BCUT2D eigenvalue weighted by atomic mass is 35.5. The molecule has 6 nitrogen and oxygen atoms in total. The number of hydrogen-bond acceptors (Lipinski definition) is 4. The molecule has 0 aliphatic heterocycles. The Morgan fingerprint density at radius 1 is 1.20 bits per heavy atom. The van der Waals surface area contributed by atoms with E-state index in [9.17, 15) is 14.9 Å². The third-order valence-corrected chi connectivity index (χ3v) is 4.09. The van der Waals surface area contributed by atoms with E-state index >= 15 is 0 Å². The van der Waals surface area contributed by atoms with Gasteiger partial charge in [-0.15, -0.1) is 0 Å². The quantitative estimate of drug-likeness (QED) is 0.398. The van der Waals surface area contributed by atoms with E-state index in [1.54, 1.807) is 12.1 Å². The molecule has 0 atom stereocenters. The second-order valence-electron chi connectivity index (χ2n) is 5.22. The Morgan fingerprint density at radius 2 is 1.96 bits per heavy atom. The maximum absolute atomic E-state index is 12.3. The van der Waals surface area contributed by atoms with Crippen molar-refractivity contribution in [3.8, 4) is 5.75 Å². The average Bonchev–Trinajstić information content (AvgIpc) is 2.58. The van der Waals surface area contributed by atoms with Gasteiger partial charge in [-0.05, 0) is 36.8 Å². The predicted molar refractivity (Wildman–Crippen MR) is 97.9 cm³/mol. The molecule has 0 bridgehead atoms. The van der Waals surface area contributed by atoms with Crippen LogP contribution in [0.1, 0.15) is 30.1 Å². The summed E-state index contributed by atoms with van der Waals surface area (Å²) < 4.78 is 5.42. The Balaban J connectivity index is 2.20. The number of hydrogen-bond donors (Lipinski definition) is 1. The van der Waals surface area contributed by atoms with Gasteiger partial charge in [0.2, 0.25) is 0 Å². The number of halogens is 2. The zero-order chi connectivity index (χ0) is 18.4. The first-order valence-corrected chi connectivity index (χ1v) is 8.35. The third-order valence-electron chi connectivity index (χ3n) is 3.35. The van der Waals surface area contributed by atoms with Crippen molar-refractivity contribution in [2.75, 3.05) is 11.9 Å². The van der Waals surface area contributed by atoms with E-state index < -0.39 is 10.8 Å². The number of unbranched alkanes of at least 4 members (excludes halogenated alkanes) is 1. The fourth-order valence-electron chi connectivity index (χ4n) is 2.03. The number of nitrogens with one attached hydrogen (secondary N) is 1. The van der Waals surface area contributed by atoms with Crippen molar-refractivity contribution < 1.29 is 14.5 Å². The minimum atomic E-state index is -0.572. The molecule has 0 aromatic heterocycles. The number of anilines is 1. The average molecular weight is 383 g/mol. The summed E-state index contributed by atoms with van der Waals surface area (Å²) in [5.41, 5.74) is 0.323. The molecule has 0 aliphatic carbocycles. The first-order valence-electron chi connectivity index (χ1n) is 7.60. The molecule has 0 fully saturated rings. The SMILES string of the molecule is CCCCOc1ccc(C(=O)Nc2ccc(Cl)c(Cl)c2)cc1[N+](=O)[O-]. The first kappa shape index (κ1) is 19.0. The predicted octanol–water partition coefficient (Wildman–Crippen LogP) is 5.33. The first-order chi connectivity index (χ1) is 11.9. The monoisotopic (exact) mass is 382 g/mol. The largest absolute Gasteiger partial charge is 0.487 e. The van der Waals surface area contributed by atoms with Gasteiger partial charge in [0, 0.05) is 17.3 Å². The van der Waals surface area contributed by atoms with Gasteiger partial charge < -0.3 is 10.1 Å². The Hall–Kier alpha value is -2.31. The van der Waals surface area contributed by atoms with Crippen LogP contribution in [0.5, 0.6) is 5.75 Å². The van der Waals surface area contributed by atoms with E-state index in [1.807, 2.05) is 6.92 Å². The van der Waals surface area contributed by atoms with Gasteiger partial charge in [0.05, 0.1) is 21.6 Å². The molecule has 0 unspecified atom stereocenters. The van der Waals surface area contributed by atoms with Crippen LogP contribution < -0.4 is 10.1 Å². The molecule has 0 spiro atoms. The van der Waals surface area contributed by atoms with Crippen LogP contribution in [0.4, 0.5) is 11.4 Å². The Labute approximate surface area is 154 Å². The topological polar surface area (TPSA) is 81.5 Å². The van der Waals surface area contributed by atoms with E-state index in [4.69, 9.17) is 27.9 Å². The molecule has 1 amide bonds. The second kappa shape index (κ2) is 8.69. The van der Waals surface area contributed by atoms with Crippen molar-refractivity contribution in [1.82, 2.24) is 0 Å². The molecule has 0 saturated heterocycles. The molecule has 0 heterocycles. The smallest absolute Gasteiger partial charge is 0.311 e. The summed E-state index contributed by atoms with van der Waals surface area (Å²) >= 11 is 11.7. The highest BCUT2D eigenvalue weighted by Gasteiger charge is 2.19. The van der Waals surface area contributed by atoms with Gasteiger partial charge in [-0.3, -0.25) is 14.9 Å². The summed E-state index contributed by atoms with van der Waals surface area (Å²) in [5, 5.41) is 14.5. The molecule has 2 aromatic carbocycles. The zero-order valence-electron chi connectivity index (χ0n) is 13.4. The molecule has 0 aliphatic rings. The van der Waals surface area contributed by atoms with Crippen molar-refractivity contribution in [2.45, 2.75) is 19.8 Å². The number of nitro groups is 1. The lowest BCUT2D eigenvalue weighted by Gasteiger charge is -2.09. The number of carbonyl (C=O) groups is 1. The van der Waals surface area contributed by atoms with Crippen LogP contribution in [0.15, 0.2) is 36.4 Å². The standard InChI is InChI=1S/C17H16Cl2N2O4/c1-2-3-8-25-16-7-4-11(9-15(16)21(23)24)17(22)20-12-5-6-13(18)14(19)10-12/h4-7,9-10H,2-3,8H2,1H3,(H,20,22). The molecule has 2 rings (SSSR count). The van der Waals surface area contributed by atoms with Gasteiger partial charge in [0.1, 0.15) is 0 Å². The maximum Gasteiger partial charge on any atom is 0.311 e. The molecular weight excluding hydrogens is 367 g/mol.